The summed E-state index contributed by atoms with van der Waals surface area (Å²) in [6, 6.07) is 0. The van der Waals surface area contributed by atoms with Gasteiger partial charge in [0.05, 0.1) is 30.5 Å². The number of aliphatic hydroxyl groups excluding tert-OH is 5. The predicted molar refractivity (Wildman–Crippen MR) is 175 cm³/mol. The molecule has 4 saturated carbocycles. The van der Waals surface area contributed by atoms with Gasteiger partial charge in [-0.15, -0.1) is 0 Å². The normalized spacial score (nSPS) is 52.6. The first-order chi connectivity index (χ1) is 24.1. The second kappa shape index (κ2) is 13.8. The van der Waals surface area contributed by atoms with Crippen molar-refractivity contribution in [1.82, 2.24) is 0 Å². The van der Waals surface area contributed by atoms with E-state index in [0.717, 1.165) is 50.5 Å². The molecule has 7 aliphatic rings. The van der Waals surface area contributed by atoms with Crippen LogP contribution in [-0.4, -0.2) is 129 Å². The number of fused-ring (bicyclic) bond motifs is 5. The van der Waals surface area contributed by atoms with Gasteiger partial charge in [0.1, 0.15) is 43.2 Å². The quantitative estimate of drug-likeness (QED) is 0.159. The minimum atomic E-state index is -1.59. The van der Waals surface area contributed by atoms with Crippen molar-refractivity contribution in [2.45, 2.75) is 159 Å². The van der Waals surface area contributed by atoms with E-state index >= 15 is 0 Å². The first-order valence-corrected chi connectivity index (χ1v) is 18.8. The molecule has 0 amide bonds. The first kappa shape index (κ1) is 37.6. The van der Waals surface area contributed by atoms with Gasteiger partial charge in [-0.1, -0.05) is 13.8 Å². The van der Waals surface area contributed by atoms with Crippen molar-refractivity contribution in [3.8, 4) is 0 Å². The van der Waals surface area contributed by atoms with Gasteiger partial charge in [-0.3, -0.25) is 4.79 Å². The molecule has 8 unspecified atom stereocenters. The SMILES string of the molecule is CC(=O)O[C@H]1C[C@]2(O)C3CC[C@@H]4C[C@@H](OC5CC(O)C(O[C@@H]6OC(CO)[C@@H](O)C(O)[C@@H]6O)C(C)O5)CC[C@]4(C)C3CC[C@]2(C)[C@H]1C1=CC(=O)OC1. The Hall–Kier alpha value is -1.72. The van der Waals surface area contributed by atoms with Gasteiger partial charge in [0.2, 0.25) is 0 Å². The van der Waals surface area contributed by atoms with Crippen LogP contribution in [0.15, 0.2) is 11.6 Å². The third kappa shape index (κ3) is 6.28. The van der Waals surface area contributed by atoms with Crippen LogP contribution in [0.3, 0.4) is 0 Å². The van der Waals surface area contributed by atoms with E-state index in [1.165, 1.54) is 13.0 Å². The molecule has 2 saturated heterocycles. The lowest BCUT2D eigenvalue weighted by atomic mass is 9.43. The minimum absolute atomic E-state index is 0.0227. The molecule has 0 aromatic carbocycles. The van der Waals surface area contributed by atoms with Crippen molar-refractivity contribution in [3.05, 3.63) is 11.6 Å². The Bertz CT molecular complexity index is 1340. The average molecular weight is 725 g/mol. The van der Waals surface area contributed by atoms with Crippen LogP contribution >= 0.6 is 0 Å². The summed E-state index contributed by atoms with van der Waals surface area (Å²) in [7, 11) is 0. The Morgan fingerprint density at radius 2 is 1.73 bits per heavy atom. The van der Waals surface area contributed by atoms with Crippen LogP contribution in [0.5, 0.6) is 0 Å². The molecular weight excluding hydrogens is 668 g/mol. The monoisotopic (exact) mass is 724 g/mol. The zero-order valence-corrected chi connectivity index (χ0v) is 30.0. The van der Waals surface area contributed by atoms with Gasteiger partial charge < -0.3 is 59.1 Å². The molecule has 0 radical (unpaired) electrons. The van der Waals surface area contributed by atoms with Crippen LogP contribution in [0, 0.1) is 34.5 Å². The number of aliphatic hydroxyl groups is 6. The summed E-state index contributed by atoms with van der Waals surface area (Å²) in [5, 5.41) is 64.0. The number of carbonyl (C=O) groups excluding carboxylic acids is 2. The van der Waals surface area contributed by atoms with E-state index in [1.807, 2.05) is 0 Å². The van der Waals surface area contributed by atoms with E-state index in [4.69, 9.17) is 28.4 Å². The van der Waals surface area contributed by atoms with Crippen LogP contribution in [0.4, 0.5) is 0 Å². The third-order valence-electron chi connectivity index (χ3n) is 14.3. The third-order valence-corrected chi connectivity index (χ3v) is 14.3. The molecule has 14 heteroatoms. The van der Waals surface area contributed by atoms with E-state index in [0.29, 0.717) is 12.3 Å². The van der Waals surface area contributed by atoms with E-state index in [9.17, 15) is 40.2 Å². The second-order valence-corrected chi connectivity index (χ2v) is 16.9. The molecule has 0 bridgehead atoms. The number of cyclic esters (lactones) is 1. The van der Waals surface area contributed by atoms with Gasteiger partial charge >= 0.3 is 11.9 Å². The Kier molecular flexibility index (Phi) is 10.2. The Balaban J connectivity index is 0.989. The van der Waals surface area contributed by atoms with E-state index < -0.39 is 91.0 Å². The number of carbonyl (C=O) groups is 2. The smallest absolute Gasteiger partial charge is 0.331 e. The van der Waals surface area contributed by atoms with E-state index in [-0.39, 0.29) is 42.3 Å². The molecule has 51 heavy (non-hydrogen) atoms. The van der Waals surface area contributed by atoms with Crippen LogP contribution in [0.1, 0.15) is 85.5 Å². The number of hydrogen-bond donors (Lipinski definition) is 6. The molecule has 6 N–H and O–H groups in total. The Morgan fingerprint density at radius 1 is 0.961 bits per heavy atom. The summed E-state index contributed by atoms with van der Waals surface area (Å²) in [5.74, 6) is -0.416. The molecule has 3 heterocycles. The summed E-state index contributed by atoms with van der Waals surface area (Å²) >= 11 is 0. The van der Waals surface area contributed by atoms with Crippen LogP contribution in [-0.2, 0) is 38.0 Å². The maximum absolute atomic E-state index is 12.8. The van der Waals surface area contributed by atoms with E-state index in [1.54, 1.807) is 6.92 Å². The highest BCUT2D eigenvalue weighted by molar-refractivity contribution is 5.85. The summed E-state index contributed by atoms with van der Waals surface area (Å²) in [6.45, 7) is 7.16. The minimum Gasteiger partial charge on any atom is -0.462 e. The highest BCUT2D eigenvalue weighted by Gasteiger charge is 2.71. The molecule has 3 aliphatic heterocycles. The van der Waals surface area contributed by atoms with Gasteiger partial charge in [-0.05, 0) is 80.6 Å². The largest absolute Gasteiger partial charge is 0.462 e. The Labute approximate surface area is 298 Å². The molecule has 18 atom stereocenters. The molecule has 0 aromatic heterocycles. The summed E-state index contributed by atoms with van der Waals surface area (Å²) in [4.78, 5) is 24.3. The van der Waals surface area contributed by atoms with Gasteiger partial charge in [0.15, 0.2) is 12.6 Å². The molecule has 0 aromatic rings. The van der Waals surface area contributed by atoms with Crippen molar-refractivity contribution >= 4 is 11.9 Å². The molecule has 14 nitrogen and oxygen atoms in total. The van der Waals surface area contributed by atoms with Crippen molar-refractivity contribution in [2.75, 3.05) is 13.2 Å². The topological polar surface area (TPSA) is 211 Å². The fourth-order valence-electron chi connectivity index (χ4n) is 11.7. The lowest BCUT2D eigenvalue weighted by molar-refractivity contribution is -0.344. The van der Waals surface area contributed by atoms with Crippen LogP contribution < -0.4 is 0 Å². The van der Waals surface area contributed by atoms with Crippen LogP contribution in [0.2, 0.25) is 0 Å². The number of rotatable bonds is 7. The maximum Gasteiger partial charge on any atom is 0.331 e. The zero-order chi connectivity index (χ0) is 36.6. The summed E-state index contributed by atoms with van der Waals surface area (Å²) in [5.41, 5.74) is -0.856. The van der Waals surface area contributed by atoms with Gasteiger partial charge in [0, 0.05) is 37.2 Å². The van der Waals surface area contributed by atoms with Crippen LogP contribution in [0.25, 0.3) is 0 Å². The Morgan fingerprint density at radius 3 is 2.39 bits per heavy atom. The van der Waals surface area contributed by atoms with Gasteiger partial charge in [-0.25, -0.2) is 4.79 Å². The molecular formula is C37H56O14. The number of ether oxygens (including phenoxy) is 6. The molecule has 7 rings (SSSR count). The fraction of sp³-hybridized carbons (Fsp3) is 0.892. The van der Waals surface area contributed by atoms with Crippen molar-refractivity contribution in [2.24, 2.45) is 34.5 Å². The fourth-order valence-corrected chi connectivity index (χ4v) is 11.7. The standard InChI is InChI=1S/C37H56O14/c1-17-33(51-34-32(44)31(43)30(42)26(15-38)50-34)24(40)13-28(47-17)49-21-7-9-35(3)20(12-21)5-6-23-22(35)8-10-36(4)29(19-11-27(41)46-16-19)25(48-18(2)39)14-37(23,36)45/h11,17,20-26,28-34,38,40,42-45H,5-10,12-16H2,1-4H3/t17?,20-,21+,22?,23?,24?,25+,26?,28?,29+,30-,31?,32+,33?,34+,35+,36-,37+/m1/s1. The molecule has 0 spiro atoms. The zero-order valence-electron chi connectivity index (χ0n) is 30.0. The summed E-state index contributed by atoms with van der Waals surface area (Å²) < 4.78 is 35.1. The van der Waals surface area contributed by atoms with Gasteiger partial charge in [0.25, 0.3) is 0 Å². The predicted octanol–water partition coefficient (Wildman–Crippen LogP) is 0.851. The highest BCUT2D eigenvalue weighted by Crippen LogP contribution is 2.70. The second-order valence-electron chi connectivity index (χ2n) is 16.9. The molecule has 6 fully saturated rings. The van der Waals surface area contributed by atoms with Crippen molar-refractivity contribution in [1.29, 1.82) is 0 Å². The van der Waals surface area contributed by atoms with Gasteiger partial charge in [-0.2, -0.15) is 0 Å². The number of esters is 2. The molecule has 288 valence electrons. The van der Waals surface area contributed by atoms with Crippen molar-refractivity contribution in [3.63, 3.8) is 0 Å². The lowest BCUT2D eigenvalue weighted by Crippen LogP contribution is -2.62. The van der Waals surface area contributed by atoms with E-state index in [2.05, 4.69) is 13.8 Å². The summed E-state index contributed by atoms with van der Waals surface area (Å²) in [6.07, 6.45) is -3.11. The first-order valence-electron chi connectivity index (χ1n) is 18.8. The van der Waals surface area contributed by atoms with Crippen molar-refractivity contribution < 1.29 is 68.6 Å². The average Bonchev–Trinajstić information content (AvgIpc) is 3.58. The maximum atomic E-state index is 12.8. The highest BCUT2D eigenvalue weighted by atomic mass is 16.7. The lowest BCUT2D eigenvalue weighted by Gasteiger charge is -2.63. The molecule has 4 aliphatic carbocycles. The number of hydrogen-bond acceptors (Lipinski definition) is 14.